The van der Waals surface area contributed by atoms with Crippen molar-refractivity contribution < 1.29 is 37.2 Å². The predicted molar refractivity (Wildman–Crippen MR) is 221 cm³/mol. The molecule has 20 heteroatoms. The first-order valence-electron chi connectivity index (χ1n) is 19.2. The van der Waals surface area contributed by atoms with Crippen LogP contribution < -0.4 is 0 Å². The smallest absolute Gasteiger partial charge is 0.431 e. The molecule has 0 rings (SSSR count). The minimum Gasteiger partial charge on any atom is -0.431 e. The number of unbranched alkanes of at least 4 members (excludes halogenated alkanes) is 8. The SMILES string of the molecule is C.[2H]P([B][3H])SOCC(COCC[C@@H](CCCCCCC)OC(=O)OCC=C)N=[N+]=[N-].[2H]P([B][3H])SOCC(COCC[C@H](O)CCCCCCC)N=[N+]=[N-]. The molecule has 0 saturated heterocycles. The predicted octanol–water partition coefficient (Wildman–Crippen LogP) is 9.72. The van der Waals surface area contributed by atoms with Crippen LogP contribution in [0.25, 0.3) is 20.9 Å². The van der Waals surface area contributed by atoms with Gasteiger partial charge in [0.25, 0.3) is 0 Å². The highest BCUT2D eigenvalue weighted by Crippen LogP contribution is 2.25. The van der Waals surface area contributed by atoms with Crippen LogP contribution in [0.4, 0.5) is 4.79 Å². The maximum atomic E-state index is 11.7. The van der Waals surface area contributed by atoms with E-state index in [9.17, 15) is 9.90 Å². The quantitative estimate of drug-likeness (QED) is 0.00728. The molecule has 0 aliphatic carbocycles. The Balaban J connectivity index is -0.000000989. The molecule has 14 nitrogen and oxygen atoms in total. The van der Waals surface area contributed by atoms with Crippen LogP contribution in [-0.2, 0) is 27.3 Å². The van der Waals surface area contributed by atoms with E-state index in [1.165, 1.54) is 38.2 Å². The van der Waals surface area contributed by atoms with Crippen molar-refractivity contribution in [3.8, 4) is 0 Å². The first-order chi connectivity index (χ1) is 26.2. The van der Waals surface area contributed by atoms with Gasteiger partial charge in [-0.15, -0.1) is 0 Å². The summed E-state index contributed by atoms with van der Waals surface area (Å²) in [6.07, 6.45) is 14.1. The van der Waals surface area contributed by atoms with Crippen LogP contribution in [0.15, 0.2) is 22.9 Å². The number of aliphatic hydroxyl groups is 1. The Morgan fingerprint density at radius 1 is 0.882 bits per heavy atom. The molecule has 6 atom stereocenters. The fraction of sp³-hybridized carbons (Fsp3) is 0.903. The van der Waals surface area contributed by atoms with Crippen LogP contribution in [0.3, 0.4) is 0 Å². The lowest BCUT2D eigenvalue weighted by atomic mass is 10.1. The van der Waals surface area contributed by atoms with Crippen molar-refractivity contribution in [1.82, 2.24) is 0 Å². The molecule has 0 aromatic rings. The van der Waals surface area contributed by atoms with Gasteiger partial charge in [0.15, 0.2) is 0 Å². The van der Waals surface area contributed by atoms with Crippen molar-refractivity contribution in [3.05, 3.63) is 33.5 Å². The minimum absolute atomic E-state index is 0. The van der Waals surface area contributed by atoms with E-state index >= 15 is 0 Å². The fourth-order valence-electron chi connectivity index (χ4n) is 4.19. The van der Waals surface area contributed by atoms with E-state index in [1.54, 1.807) is 0 Å². The number of carbonyl (C=O) groups is 1. The van der Waals surface area contributed by atoms with E-state index in [2.05, 4.69) is 40.5 Å². The third-order valence-electron chi connectivity index (χ3n) is 6.79. The Labute approximate surface area is 326 Å². The highest BCUT2D eigenvalue weighted by Gasteiger charge is 2.16. The third kappa shape index (κ3) is 41.7. The number of hydrogen-bond acceptors (Lipinski definition) is 12. The van der Waals surface area contributed by atoms with Gasteiger partial charge >= 0.3 is 6.16 Å². The van der Waals surface area contributed by atoms with Crippen LogP contribution >= 0.6 is 38.5 Å². The third-order valence-corrected chi connectivity index (χ3v) is 8.60. The Bertz CT molecular complexity index is 1000. The lowest BCUT2D eigenvalue weighted by molar-refractivity contribution is 0.00782. The van der Waals surface area contributed by atoms with Crippen molar-refractivity contribution in [2.75, 3.05) is 46.2 Å². The van der Waals surface area contributed by atoms with Gasteiger partial charge in [0.05, 0.1) is 53.8 Å². The number of rotatable bonds is 37. The van der Waals surface area contributed by atoms with Gasteiger partial charge < -0.3 is 32.4 Å². The molecule has 0 spiro atoms. The van der Waals surface area contributed by atoms with Gasteiger partial charge in [-0.2, -0.15) is 0 Å². The van der Waals surface area contributed by atoms with Gasteiger partial charge in [-0.3, -0.25) is 0 Å². The van der Waals surface area contributed by atoms with Crippen LogP contribution in [0, 0.1) is 0 Å². The summed E-state index contributed by atoms with van der Waals surface area (Å²) in [7, 11) is -0.780. The normalized spacial score (nSPS) is 15.0. The van der Waals surface area contributed by atoms with E-state index < -0.39 is 33.5 Å². The average molecular weight is 803 g/mol. The van der Waals surface area contributed by atoms with Crippen molar-refractivity contribution in [2.24, 2.45) is 10.2 Å². The molecule has 4 unspecified atom stereocenters. The van der Waals surface area contributed by atoms with E-state index in [0.717, 1.165) is 83.3 Å². The molecule has 0 aliphatic heterocycles. The number of hydrogen-bond donors (Lipinski definition) is 1. The Kier molecular flexibility index (Phi) is 41.1. The van der Waals surface area contributed by atoms with E-state index in [0.29, 0.717) is 26.1 Å². The van der Waals surface area contributed by atoms with Crippen molar-refractivity contribution in [2.45, 2.75) is 135 Å². The van der Waals surface area contributed by atoms with Gasteiger partial charge in [0.2, 0.25) is 0 Å². The molecule has 0 aromatic heterocycles. The number of aliphatic hydroxyl groups excluding tert-OH is 1. The largest absolute Gasteiger partial charge is 0.508 e. The van der Waals surface area contributed by atoms with E-state index in [4.69, 9.17) is 43.6 Å². The molecule has 0 saturated carbocycles. The van der Waals surface area contributed by atoms with Gasteiger partial charge in [-0.1, -0.05) is 117 Å². The summed E-state index contributed by atoms with van der Waals surface area (Å²) in [5.41, 5.74) is 17.2. The summed E-state index contributed by atoms with van der Waals surface area (Å²) >= 11 is 1.77. The zero-order valence-corrected chi connectivity index (χ0v) is 33.2. The van der Waals surface area contributed by atoms with Gasteiger partial charge in [0, 0.05) is 46.2 Å². The zero-order chi connectivity index (χ0) is 40.5. The lowest BCUT2D eigenvalue weighted by Gasteiger charge is -2.18. The highest BCUT2D eigenvalue weighted by molar-refractivity contribution is 8.53. The average Bonchev–Trinajstić information content (AvgIpc) is 3.16. The molecule has 0 aliphatic rings. The minimum atomic E-state index is -1.42. The molecule has 0 amide bonds. The number of nitrogens with zero attached hydrogens (tertiary/aromatic N) is 6. The summed E-state index contributed by atoms with van der Waals surface area (Å²) in [6, 6.07) is -1.01. The lowest BCUT2D eigenvalue weighted by Crippen LogP contribution is -2.23. The maximum absolute atomic E-state index is 11.7. The van der Waals surface area contributed by atoms with E-state index in [1.807, 2.05) is 0 Å². The summed E-state index contributed by atoms with van der Waals surface area (Å²) in [4.78, 5) is 17.3. The van der Waals surface area contributed by atoms with Crippen molar-refractivity contribution >= 4 is 59.8 Å². The molecule has 0 bridgehead atoms. The summed E-state index contributed by atoms with van der Waals surface area (Å²) < 4.78 is 60.4. The van der Waals surface area contributed by atoms with Crippen molar-refractivity contribution in [1.29, 1.82) is 5.23 Å². The summed E-state index contributed by atoms with van der Waals surface area (Å²) in [5, 5.41) is 17.1. The highest BCUT2D eigenvalue weighted by atomic mass is 32.7. The zero-order valence-electron chi connectivity index (χ0n) is 33.8. The molecular formula is C31H64B2N6O8P2S2. The number of azide groups is 2. The number of ether oxygens (including phenoxy) is 4. The first kappa shape index (κ1) is 46.3. The van der Waals surface area contributed by atoms with Gasteiger partial charge in [-0.25, -0.2) is 4.79 Å². The van der Waals surface area contributed by atoms with Crippen LogP contribution in [0.2, 0.25) is 0 Å². The second kappa shape index (κ2) is 45.3. The maximum Gasteiger partial charge on any atom is 0.508 e. The van der Waals surface area contributed by atoms with Gasteiger partial charge in [0.1, 0.15) is 27.8 Å². The Hall–Kier alpha value is -0.880. The second-order valence-electron chi connectivity index (χ2n) is 11.0. The Morgan fingerprint density at radius 2 is 1.39 bits per heavy atom. The van der Waals surface area contributed by atoms with Crippen LogP contribution in [0.5, 0.6) is 0 Å². The molecule has 0 aromatic carbocycles. The van der Waals surface area contributed by atoms with Gasteiger partial charge in [-0.05, 0) is 39.4 Å². The topological polar surface area (TPSA) is 190 Å². The molecule has 294 valence electrons. The molecular weight excluding hydrogens is 732 g/mol. The van der Waals surface area contributed by atoms with E-state index in [-0.39, 0.29) is 52.7 Å². The van der Waals surface area contributed by atoms with Crippen LogP contribution in [-0.4, -0.2) is 102 Å². The Morgan fingerprint density at radius 3 is 1.88 bits per heavy atom. The summed E-state index contributed by atoms with van der Waals surface area (Å²) in [6.45, 7) is 9.26. The molecule has 0 fully saturated rings. The molecule has 51 heavy (non-hydrogen) atoms. The standard InChI is InChI=1S/C17H32BN3O5PS.C13H28BN3O3PS.CH4/c1-3-5-6-7-8-9-16(26-17(22)24-11-4-2)10-12-23-13-15(20-21-19)14-25-28-27-18;1-2-3-4-5-6-7-13(18)8-9-19-10-12(16-17-15)11-20-22-21-14;/h4,15-16,18,27H,2-3,5-14H2,1H3;12-14,18,21H,2-11H2,1H3;1H4/t15?,16-,27?;12?,13-,21?;/m11./s1/i18T,27D;14T,21D;. The summed E-state index contributed by atoms with van der Waals surface area (Å²) in [5.74, 6) is 0. The number of carbonyl (C=O) groups excluding carboxylic acids is 1. The van der Waals surface area contributed by atoms with Crippen molar-refractivity contribution in [3.63, 3.8) is 0 Å². The second-order valence-corrected chi connectivity index (χ2v) is 14.4. The monoisotopic (exact) mass is 802 g/mol. The first-order valence-corrected chi connectivity index (χ1v) is 21.8. The van der Waals surface area contributed by atoms with Crippen LogP contribution in [0.1, 0.15) is 111 Å². The molecule has 0 heterocycles. The molecule has 1 N–H and O–H groups in total. The molecule has 2 radical (unpaired) electrons. The fourth-order valence-corrected chi connectivity index (χ4v) is 5.48.